The van der Waals surface area contributed by atoms with Crippen LogP contribution in [-0.2, 0) is 26.2 Å². The Hall–Kier alpha value is -3.70. The van der Waals surface area contributed by atoms with Crippen LogP contribution in [0.5, 0.6) is 5.88 Å². The van der Waals surface area contributed by atoms with Gasteiger partial charge >= 0.3 is 5.69 Å². The van der Waals surface area contributed by atoms with Crippen LogP contribution >= 0.6 is 23.2 Å². The lowest BCUT2D eigenvalue weighted by atomic mass is 9.80. The summed E-state index contributed by atoms with van der Waals surface area (Å²) in [6, 6.07) is 10.7. The quantitative estimate of drug-likeness (QED) is 0.259. The fourth-order valence-electron chi connectivity index (χ4n) is 4.56. The average Bonchev–Trinajstić information content (AvgIpc) is 2.95. The van der Waals surface area contributed by atoms with Gasteiger partial charge in [-0.25, -0.2) is 9.78 Å². The minimum atomic E-state index is -1.45. The van der Waals surface area contributed by atoms with Gasteiger partial charge in [-0.15, -0.1) is 11.6 Å². The van der Waals surface area contributed by atoms with Crippen LogP contribution in [0, 0.1) is 0 Å². The minimum absolute atomic E-state index is 0.0244. The van der Waals surface area contributed by atoms with Crippen molar-refractivity contribution < 1.29 is 14.6 Å². The molecule has 2 heterocycles. The molecule has 2 aromatic heterocycles. The third-order valence-corrected chi connectivity index (χ3v) is 7.57. The van der Waals surface area contributed by atoms with Crippen molar-refractivity contribution in [2.24, 2.45) is 14.1 Å². The number of aryl methyl sites for hydroxylation is 1. The zero-order chi connectivity index (χ0) is 29.0. The lowest BCUT2D eigenvalue weighted by Crippen LogP contribution is -2.54. The first-order chi connectivity index (χ1) is 19.1. The molecule has 3 aromatic rings. The fourth-order valence-corrected chi connectivity index (χ4v) is 5.23. The van der Waals surface area contributed by atoms with Gasteiger partial charge in [-0.3, -0.25) is 14.2 Å². The Morgan fingerprint density at radius 3 is 2.65 bits per heavy atom. The maximum atomic E-state index is 13.7. The highest BCUT2D eigenvalue weighted by Crippen LogP contribution is 2.43. The van der Waals surface area contributed by atoms with Gasteiger partial charge in [-0.2, -0.15) is 0 Å². The summed E-state index contributed by atoms with van der Waals surface area (Å²) in [6.07, 6.45) is 6.43. The van der Waals surface area contributed by atoms with Crippen molar-refractivity contribution in [2.75, 3.05) is 20.3 Å². The SMILES string of the molecule is COc1nc(C2(NC(=O)c3cn(C)c(=O)n(C)c3=O)C=CC=C(c3ccccc3Cl)C2Cl)ccc1CNCCO. The average molecular weight is 586 g/mol. The molecule has 210 valence electrons. The lowest BCUT2D eigenvalue weighted by Gasteiger charge is -2.39. The first-order valence-corrected chi connectivity index (χ1v) is 13.2. The summed E-state index contributed by atoms with van der Waals surface area (Å²) in [5.41, 5.74) is -0.651. The van der Waals surface area contributed by atoms with E-state index >= 15 is 0 Å². The normalized spacial score (nSPS) is 18.4. The number of rotatable bonds is 9. The standard InChI is InChI=1S/C28H29Cl2N5O5/c1-34-16-20(26(38)35(2)27(34)39)24(37)33-28(22-11-10-17(15-31-13-14-36)25(32-22)40-3)12-6-8-19(23(28)30)18-7-4-5-9-21(18)29/h4-12,16,23,31,36H,13-15H2,1-3H3,(H,33,37). The molecule has 40 heavy (non-hydrogen) atoms. The molecule has 2 unspecified atom stereocenters. The Morgan fingerprint density at radius 1 is 1.20 bits per heavy atom. The predicted octanol–water partition coefficient (Wildman–Crippen LogP) is 2.11. The lowest BCUT2D eigenvalue weighted by molar-refractivity contribution is 0.0912. The van der Waals surface area contributed by atoms with E-state index in [4.69, 9.17) is 38.0 Å². The number of hydrogen-bond acceptors (Lipinski definition) is 7. The van der Waals surface area contributed by atoms with Gasteiger partial charge < -0.3 is 25.0 Å². The molecule has 0 spiro atoms. The second kappa shape index (κ2) is 12.2. The van der Waals surface area contributed by atoms with Gasteiger partial charge in [0.1, 0.15) is 11.1 Å². The Kier molecular flexibility index (Phi) is 8.95. The second-order valence-electron chi connectivity index (χ2n) is 9.21. The number of hydrogen-bond donors (Lipinski definition) is 3. The summed E-state index contributed by atoms with van der Waals surface area (Å²) in [4.78, 5) is 43.5. The molecule has 0 fully saturated rings. The monoisotopic (exact) mass is 585 g/mol. The number of amides is 1. The molecule has 12 heteroatoms. The fraction of sp³-hybridized carbons (Fsp3) is 0.286. The van der Waals surface area contributed by atoms with Crippen molar-refractivity contribution in [1.82, 2.24) is 24.8 Å². The molecule has 1 aliphatic rings. The molecule has 0 aliphatic heterocycles. The maximum absolute atomic E-state index is 13.7. The largest absolute Gasteiger partial charge is 0.481 e. The number of alkyl halides is 1. The van der Waals surface area contributed by atoms with E-state index in [1.54, 1.807) is 42.5 Å². The van der Waals surface area contributed by atoms with Crippen molar-refractivity contribution in [3.63, 3.8) is 0 Å². The van der Waals surface area contributed by atoms with Gasteiger partial charge in [-0.05, 0) is 23.3 Å². The van der Waals surface area contributed by atoms with Gasteiger partial charge in [0.25, 0.3) is 11.5 Å². The number of ether oxygens (including phenoxy) is 1. The van der Waals surface area contributed by atoms with Crippen LogP contribution in [0.4, 0.5) is 0 Å². The van der Waals surface area contributed by atoms with E-state index in [-0.39, 0.29) is 12.2 Å². The number of nitrogens with one attached hydrogen (secondary N) is 2. The molecule has 1 aromatic carbocycles. The molecular formula is C28H29Cl2N5O5. The Labute approximate surface area is 240 Å². The van der Waals surface area contributed by atoms with Crippen LogP contribution in [0.25, 0.3) is 5.57 Å². The number of aliphatic hydroxyl groups is 1. The van der Waals surface area contributed by atoms with E-state index < -0.39 is 28.1 Å². The number of benzene rings is 1. The minimum Gasteiger partial charge on any atom is -0.481 e. The third kappa shape index (κ3) is 5.48. The molecule has 3 N–H and O–H groups in total. The number of methoxy groups -OCH3 is 1. The van der Waals surface area contributed by atoms with Gasteiger partial charge in [0.05, 0.1) is 24.8 Å². The van der Waals surface area contributed by atoms with E-state index in [2.05, 4.69) is 10.6 Å². The summed E-state index contributed by atoms with van der Waals surface area (Å²) < 4.78 is 7.57. The molecule has 1 amide bonds. The van der Waals surface area contributed by atoms with Crippen LogP contribution in [0.15, 0.2) is 70.4 Å². The highest BCUT2D eigenvalue weighted by Gasteiger charge is 2.45. The zero-order valence-corrected chi connectivity index (χ0v) is 23.7. The summed E-state index contributed by atoms with van der Waals surface area (Å²) in [5.74, 6) is -0.456. The van der Waals surface area contributed by atoms with E-state index in [0.717, 1.165) is 14.7 Å². The molecule has 0 saturated heterocycles. The third-order valence-electron chi connectivity index (χ3n) is 6.66. The van der Waals surface area contributed by atoms with Crippen LogP contribution in [0.3, 0.4) is 0 Å². The molecular weight excluding hydrogens is 557 g/mol. The Bertz CT molecular complexity index is 1610. The molecule has 4 rings (SSSR count). The molecule has 0 radical (unpaired) electrons. The molecule has 0 saturated carbocycles. The van der Waals surface area contributed by atoms with Crippen LogP contribution in [-0.4, -0.2) is 50.8 Å². The van der Waals surface area contributed by atoms with E-state index in [9.17, 15) is 14.4 Å². The number of nitrogens with zero attached hydrogens (tertiary/aromatic N) is 3. The summed E-state index contributed by atoms with van der Waals surface area (Å²) in [5, 5.41) is 14.7. The van der Waals surface area contributed by atoms with Gasteiger partial charge in [-0.1, -0.05) is 54.1 Å². The van der Waals surface area contributed by atoms with Gasteiger partial charge in [0.2, 0.25) is 5.88 Å². The van der Waals surface area contributed by atoms with Crippen molar-refractivity contribution in [1.29, 1.82) is 0 Å². The Balaban J connectivity index is 1.86. The maximum Gasteiger partial charge on any atom is 0.330 e. The summed E-state index contributed by atoms with van der Waals surface area (Å²) in [6.45, 7) is 0.747. The Morgan fingerprint density at radius 2 is 1.95 bits per heavy atom. The number of pyridine rings is 1. The summed E-state index contributed by atoms with van der Waals surface area (Å²) >= 11 is 13.7. The van der Waals surface area contributed by atoms with E-state index in [0.29, 0.717) is 40.8 Å². The molecule has 2 atom stereocenters. The van der Waals surface area contributed by atoms with Crippen molar-refractivity contribution in [2.45, 2.75) is 17.5 Å². The van der Waals surface area contributed by atoms with Gasteiger partial charge in [0, 0.05) is 44.0 Å². The van der Waals surface area contributed by atoms with Crippen molar-refractivity contribution in [3.05, 3.63) is 109 Å². The predicted molar refractivity (Wildman–Crippen MR) is 154 cm³/mol. The van der Waals surface area contributed by atoms with Gasteiger partial charge in [0.15, 0.2) is 0 Å². The number of halogens is 2. The number of aromatic nitrogens is 3. The number of allylic oxidation sites excluding steroid dienone is 2. The number of carbonyl (C=O) groups excluding carboxylic acids is 1. The first-order valence-electron chi connectivity index (χ1n) is 12.4. The molecule has 10 nitrogen and oxygen atoms in total. The van der Waals surface area contributed by atoms with Crippen molar-refractivity contribution in [3.8, 4) is 5.88 Å². The van der Waals surface area contributed by atoms with Crippen LogP contribution in [0.1, 0.15) is 27.2 Å². The summed E-state index contributed by atoms with van der Waals surface area (Å²) in [7, 11) is 4.23. The topological polar surface area (TPSA) is 127 Å². The molecule has 1 aliphatic carbocycles. The number of aliphatic hydroxyl groups excluding tert-OH is 1. The van der Waals surface area contributed by atoms with Crippen LogP contribution < -0.4 is 26.6 Å². The first kappa shape index (κ1) is 29.3. The highest BCUT2D eigenvalue weighted by atomic mass is 35.5. The van der Waals surface area contributed by atoms with Crippen LogP contribution in [0.2, 0.25) is 5.02 Å². The number of carbonyl (C=O) groups is 1. The second-order valence-corrected chi connectivity index (χ2v) is 10.1. The highest BCUT2D eigenvalue weighted by molar-refractivity contribution is 6.34. The van der Waals surface area contributed by atoms with Crippen molar-refractivity contribution >= 4 is 34.7 Å². The van der Waals surface area contributed by atoms with E-state index in [1.807, 2.05) is 12.1 Å². The smallest absolute Gasteiger partial charge is 0.330 e. The zero-order valence-electron chi connectivity index (χ0n) is 22.1. The molecule has 0 bridgehead atoms. The van der Waals surface area contributed by atoms with E-state index in [1.165, 1.54) is 27.4 Å².